The number of hydrogen-bond acceptors (Lipinski definition) is 5. The van der Waals surface area contributed by atoms with Crippen LogP contribution in [0.15, 0.2) is 114 Å². The zero-order chi connectivity index (χ0) is 26.7. The Labute approximate surface area is 234 Å². The monoisotopic (exact) mass is 535 g/mol. The van der Waals surface area contributed by atoms with Gasteiger partial charge in [-0.2, -0.15) is 0 Å². The topological polar surface area (TPSA) is 56.1 Å². The zero-order valence-corrected chi connectivity index (χ0v) is 22.8. The summed E-state index contributed by atoms with van der Waals surface area (Å²) in [7, 11) is 0. The summed E-state index contributed by atoms with van der Waals surface area (Å²) in [5.41, 5.74) is 0.913. The summed E-state index contributed by atoms with van der Waals surface area (Å²) >= 11 is 1.61. The van der Waals surface area contributed by atoms with Crippen LogP contribution in [-0.4, -0.2) is 52.8 Å². The second-order valence-corrected chi connectivity index (χ2v) is 11.4. The van der Waals surface area contributed by atoms with Crippen molar-refractivity contribution in [2.75, 3.05) is 26.2 Å². The van der Waals surface area contributed by atoms with Gasteiger partial charge in [0.1, 0.15) is 5.84 Å². The molecule has 0 saturated carbocycles. The van der Waals surface area contributed by atoms with Gasteiger partial charge in [0.05, 0.1) is 10.5 Å². The number of amides is 1. The van der Waals surface area contributed by atoms with Gasteiger partial charge >= 0.3 is 0 Å². The highest BCUT2D eigenvalue weighted by molar-refractivity contribution is 7.12. The maximum atomic E-state index is 14.4. The van der Waals surface area contributed by atoms with Gasteiger partial charge in [0, 0.05) is 19.6 Å². The maximum Gasteiger partial charge on any atom is 0.265 e. The van der Waals surface area contributed by atoms with Crippen molar-refractivity contribution in [3.8, 4) is 0 Å². The normalized spacial score (nSPS) is 18.7. The molecule has 39 heavy (non-hydrogen) atoms. The predicted octanol–water partition coefficient (Wildman–Crippen LogP) is 5.65. The Hall–Kier alpha value is -3.58. The lowest BCUT2D eigenvalue weighted by molar-refractivity contribution is -0.130. The molecule has 1 N–H and O–H groups in total. The van der Waals surface area contributed by atoms with Crippen molar-refractivity contribution in [1.82, 2.24) is 9.80 Å². The minimum Gasteiger partial charge on any atom is -0.385 e. The molecule has 2 aliphatic rings. The fraction of sp³-hybridized carbons (Fsp3) is 0.273. The molecule has 0 bridgehead atoms. The molecular weight excluding hydrogens is 502 g/mol. The molecule has 0 spiro atoms. The van der Waals surface area contributed by atoms with E-state index in [0.29, 0.717) is 19.4 Å². The smallest absolute Gasteiger partial charge is 0.265 e. The van der Waals surface area contributed by atoms with E-state index in [2.05, 4.69) is 4.90 Å². The van der Waals surface area contributed by atoms with Gasteiger partial charge in [-0.3, -0.25) is 9.69 Å². The highest BCUT2D eigenvalue weighted by atomic mass is 32.1. The third-order valence-electron chi connectivity index (χ3n) is 8.06. The van der Waals surface area contributed by atoms with Crippen LogP contribution in [0.2, 0.25) is 0 Å². The zero-order valence-electron chi connectivity index (χ0n) is 21.9. The number of aliphatic hydroxyl groups is 1. The first kappa shape index (κ1) is 25.7. The molecular formula is C33H33N3O2S. The average molecular weight is 536 g/mol. The Balaban J connectivity index is 1.22. The molecule has 1 amide bonds. The highest BCUT2D eigenvalue weighted by Gasteiger charge is 2.51. The van der Waals surface area contributed by atoms with Crippen LogP contribution in [-0.2, 0) is 15.9 Å². The van der Waals surface area contributed by atoms with Crippen LogP contribution >= 0.6 is 11.3 Å². The van der Waals surface area contributed by atoms with Crippen molar-refractivity contribution in [2.24, 2.45) is 4.99 Å². The van der Waals surface area contributed by atoms with Gasteiger partial charge in [-0.15, -0.1) is 11.3 Å². The number of nitrogens with zero attached hydrogens (tertiary/aromatic N) is 3. The third kappa shape index (κ3) is 4.84. The first-order chi connectivity index (χ1) is 19.1. The van der Waals surface area contributed by atoms with Crippen molar-refractivity contribution in [1.29, 1.82) is 0 Å². The van der Waals surface area contributed by atoms with Crippen LogP contribution in [0.5, 0.6) is 0 Å². The molecule has 5 nitrogen and oxygen atoms in total. The number of carbonyl (C=O) groups is 1. The molecule has 2 aliphatic heterocycles. The number of aliphatic imine (C=N–C) groups is 1. The lowest BCUT2D eigenvalue weighted by Crippen LogP contribution is -2.45. The van der Waals surface area contributed by atoms with Crippen molar-refractivity contribution >= 4 is 23.1 Å². The second-order valence-electron chi connectivity index (χ2n) is 10.4. The van der Waals surface area contributed by atoms with Crippen LogP contribution in [0.1, 0.15) is 40.8 Å². The number of amidine groups is 1. The Morgan fingerprint density at radius 2 is 1.31 bits per heavy atom. The summed E-state index contributed by atoms with van der Waals surface area (Å²) in [4.78, 5) is 25.0. The summed E-state index contributed by atoms with van der Waals surface area (Å²) in [6, 6.07) is 33.9. The van der Waals surface area contributed by atoms with Crippen LogP contribution in [0.25, 0.3) is 0 Å². The Kier molecular flexibility index (Phi) is 7.17. The van der Waals surface area contributed by atoms with Gasteiger partial charge in [0.15, 0.2) is 5.54 Å². The van der Waals surface area contributed by atoms with Crippen LogP contribution in [0.4, 0.5) is 0 Å². The molecule has 3 aromatic carbocycles. The summed E-state index contributed by atoms with van der Waals surface area (Å²) in [6.45, 7) is 3.14. The largest absolute Gasteiger partial charge is 0.385 e. The molecule has 0 aliphatic carbocycles. The number of carbonyl (C=O) groups excluding carboxylic acids is 1. The summed E-state index contributed by atoms with van der Waals surface area (Å²) in [5, 5.41) is 13.2. The fourth-order valence-electron chi connectivity index (χ4n) is 5.90. The third-order valence-corrected chi connectivity index (χ3v) is 8.92. The molecule has 6 rings (SSSR count). The highest BCUT2D eigenvalue weighted by Crippen LogP contribution is 2.41. The van der Waals surface area contributed by atoms with E-state index in [-0.39, 0.29) is 5.91 Å². The standard InChI is InChI=1S/C33H33N3O2S/c37-31-33(27-14-6-2-7-15-27,28-16-8-3-9-17-28)34-30(29-18-10-25-39-29)36(31)22-11-21-35-23-19-32(38,20-24-35)26-12-4-1-5-13-26/h1-10,12-18,25,38H,11,19-24H2. The molecule has 3 heterocycles. The van der Waals surface area contributed by atoms with E-state index in [4.69, 9.17) is 4.99 Å². The SMILES string of the molecule is O=C1N(CCCN2CCC(O)(c3ccccc3)CC2)C(c2cccs2)=NC1(c1ccccc1)c1ccccc1. The van der Waals surface area contributed by atoms with E-state index in [0.717, 1.165) is 53.5 Å². The number of rotatable bonds is 8. The van der Waals surface area contributed by atoms with Crippen LogP contribution in [0, 0.1) is 0 Å². The molecule has 0 radical (unpaired) electrons. The second kappa shape index (κ2) is 10.9. The Morgan fingerprint density at radius 3 is 1.85 bits per heavy atom. The molecule has 6 heteroatoms. The number of thiophene rings is 1. The van der Waals surface area contributed by atoms with E-state index < -0.39 is 11.1 Å². The lowest BCUT2D eigenvalue weighted by atomic mass is 9.83. The lowest BCUT2D eigenvalue weighted by Gasteiger charge is -2.38. The number of piperidine rings is 1. The van der Waals surface area contributed by atoms with E-state index in [1.807, 2.05) is 113 Å². The Morgan fingerprint density at radius 1 is 0.744 bits per heavy atom. The first-order valence-electron chi connectivity index (χ1n) is 13.7. The van der Waals surface area contributed by atoms with Crippen molar-refractivity contribution < 1.29 is 9.90 Å². The van der Waals surface area contributed by atoms with Crippen molar-refractivity contribution in [2.45, 2.75) is 30.4 Å². The summed E-state index contributed by atoms with van der Waals surface area (Å²) < 4.78 is 0. The molecule has 0 atom stereocenters. The number of benzene rings is 3. The fourth-order valence-corrected chi connectivity index (χ4v) is 6.62. The van der Waals surface area contributed by atoms with E-state index in [9.17, 15) is 9.90 Å². The minimum absolute atomic E-state index is 0.000368. The molecule has 1 fully saturated rings. The molecule has 1 saturated heterocycles. The van der Waals surface area contributed by atoms with E-state index >= 15 is 0 Å². The van der Waals surface area contributed by atoms with Gasteiger partial charge in [0.25, 0.3) is 5.91 Å². The molecule has 198 valence electrons. The van der Waals surface area contributed by atoms with Gasteiger partial charge in [-0.1, -0.05) is 97.1 Å². The van der Waals surface area contributed by atoms with Crippen molar-refractivity contribution in [3.63, 3.8) is 0 Å². The van der Waals surface area contributed by atoms with Crippen LogP contribution < -0.4 is 0 Å². The average Bonchev–Trinajstić information content (AvgIpc) is 3.63. The quantitative estimate of drug-likeness (QED) is 0.317. The van der Waals surface area contributed by atoms with E-state index in [1.165, 1.54) is 0 Å². The maximum absolute atomic E-state index is 14.4. The number of likely N-dealkylation sites (tertiary alicyclic amines) is 1. The van der Waals surface area contributed by atoms with Gasteiger partial charge < -0.3 is 10.0 Å². The van der Waals surface area contributed by atoms with Gasteiger partial charge in [0.2, 0.25) is 0 Å². The van der Waals surface area contributed by atoms with E-state index in [1.54, 1.807) is 11.3 Å². The molecule has 4 aromatic rings. The summed E-state index contributed by atoms with van der Waals surface area (Å²) in [6.07, 6.45) is 2.26. The number of hydrogen-bond donors (Lipinski definition) is 1. The first-order valence-corrected chi connectivity index (χ1v) is 14.6. The Bertz CT molecular complexity index is 1370. The summed E-state index contributed by atoms with van der Waals surface area (Å²) in [5.74, 6) is 0.750. The predicted molar refractivity (Wildman–Crippen MR) is 157 cm³/mol. The van der Waals surface area contributed by atoms with Crippen LogP contribution in [0.3, 0.4) is 0 Å². The molecule has 1 aromatic heterocycles. The molecule has 0 unspecified atom stereocenters. The minimum atomic E-state index is -1.10. The van der Waals surface area contributed by atoms with Gasteiger partial charge in [-0.05, 0) is 53.9 Å². The van der Waals surface area contributed by atoms with Gasteiger partial charge in [-0.25, -0.2) is 4.99 Å². The van der Waals surface area contributed by atoms with Crippen molar-refractivity contribution in [3.05, 3.63) is 130 Å².